The summed E-state index contributed by atoms with van der Waals surface area (Å²) in [7, 11) is 3.05. The minimum absolute atomic E-state index is 0.129. The molecule has 2 amide bonds. The number of amides is 2. The van der Waals surface area contributed by atoms with Gasteiger partial charge in [-0.1, -0.05) is 25.0 Å². The molecule has 1 atom stereocenters. The van der Waals surface area contributed by atoms with E-state index in [2.05, 4.69) is 15.1 Å². The Bertz CT molecular complexity index is 1470. The number of carbonyl (C=O) groups excluding carboxylic acids is 2. The summed E-state index contributed by atoms with van der Waals surface area (Å²) >= 11 is 1.27. The highest BCUT2D eigenvalue weighted by Crippen LogP contribution is 2.38. The summed E-state index contributed by atoms with van der Waals surface area (Å²) in [6.45, 7) is 0.294. The van der Waals surface area contributed by atoms with Gasteiger partial charge in [0.25, 0.3) is 11.8 Å². The van der Waals surface area contributed by atoms with Crippen LogP contribution in [-0.4, -0.2) is 87.1 Å². The van der Waals surface area contributed by atoms with Gasteiger partial charge in [-0.15, -0.1) is 16.4 Å². The fourth-order valence-corrected chi connectivity index (χ4v) is 6.72. The number of rotatable bonds is 10. The Balaban J connectivity index is 1.44. The molecule has 0 radical (unpaired) electrons. The molecule has 5 rings (SSSR count). The number of halogens is 5. The molecule has 1 aliphatic carbocycles. The number of alkyl halides is 5. The maximum Gasteiger partial charge on any atom is 0.418 e. The molecule has 3 heterocycles. The standard InChI is InChI=1S/C30H36F5N7O2S/c1-39(21(12-16-41-15-7-13-29(31,32)19-41)18-24(43)40(2)28-36-14-17-45-28)27(44)25-37-26(20-8-3-4-9-20)42(38-25)23-11-6-5-10-22(23)30(33,34)35/h5-6,10-11,14,17,20-21H,3-4,7-9,12-13,15-16,18-19H2,1-2H3. The van der Waals surface area contributed by atoms with Crippen molar-refractivity contribution in [3.8, 4) is 5.69 Å². The number of para-hydroxylation sites is 1. The van der Waals surface area contributed by atoms with Crippen LogP contribution in [0.5, 0.6) is 0 Å². The summed E-state index contributed by atoms with van der Waals surface area (Å²) in [5.41, 5.74) is -1.11. The van der Waals surface area contributed by atoms with Crippen LogP contribution < -0.4 is 4.90 Å². The highest BCUT2D eigenvalue weighted by atomic mass is 32.1. The summed E-state index contributed by atoms with van der Waals surface area (Å²) in [5, 5.41) is 6.52. The molecule has 2 aromatic heterocycles. The van der Waals surface area contributed by atoms with Crippen molar-refractivity contribution in [3.63, 3.8) is 0 Å². The van der Waals surface area contributed by atoms with Crippen molar-refractivity contribution < 1.29 is 31.5 Å². The Morgan fingerprint density at radius 1 is 1.13 bits per heavy atom. The van der Waals surface area contributed by atoms with Gasteiger partial charge in [-0.05, 0) is 44.4 Å². The van der Waals surface area contributed by atoms with Crippen molar-refractivity contribution in [3.05, 3.63) is 53.1 Å². The maximum atomic E-state index is 14.1. The zero-order valence-electron chi connectivity index (χ0n) is 25.1. The topological polar surface area (TPSA) is 87.5 Å². The Labute approximate surface area is 262 Å². The van der Waals surface area contributed by atoms with Gasteiger partial charge in [0.1, 0.15) is 5.82 Å². The van der Waals surface area contributed by atoms with Crippen LogP contribution in [0.4, 0.5) is 27.1 Å². The number of likely N-dealkylation sites (tertiary alicyclic amines) is 1. The molecule has 1 aliphatic heterocycles. The van der Waals surface area contributed by atoms with Gasteiger partial charge in [0, 0.05) is 57.0 Å². The van der Waals surface area contributed by atoms with Crippen LogP contribution >= 0.6 is 11.3 Å². The Hall–Kier alpha value is -3.46. The van der Waals surface area contributed by atoms with E-state index in [9.17, 15) is 31.5 Å². The van der Waals surface area contributed by atoms with Crippen molar-refractivity contribution in [2.24, 2.45) is 0 Å². The van der Waals surface area contributed by atoms with E-state index < -0.39 is 36.2 Å². The number of hydrogen-bond acceptors (Lipinski definition) is 7. The molecule has 0 N–H and O–H groups in total. The van der Waals surface area contributed by atoms with Crippen molar-refractivity contribution in [2.75, 3.05) is 38.6 Å². The van der Waals surface area contributed by atoms with Crippen LogP contribution in [0.15, 0.2) is 35.8 Å². The molecule has 2 aliphatic rings. The summed E-state index contributed by atoms with van der Waals surface area (Å²) in [5.74, 6) is -3.98. The second-order valence-corrected chi connectivity index (χ2v) is 12.6. The second kappa shape index (κ2) is 13.5. The molecule has 1 unspecified atom stereocenters. The van der Waals surface area contributed by atoms with E-state index in [-0.39, 0.29) is 55.0 Å². The van der Waals surface area contributed by atoms with Crippen LogP contribution in [0.1, 0.15) is 79.3 Å². The lowest BCUT2D eigenvalue weighted by Gasteiger charge is -2.35. The number of hydrogen-bond donors (Lipinski definition) is 0. The third kappa shape index (κ3) is 7.68. The number of anilines is 1. The normalized spacial score (nSPS) is 18.2. The Kier molecular flexibility index (Phi) is 9.87. The van der Waals surface area contributed by atoms with Gasteiger partial charge in [-0.25, -0.2) is 23.4 Å². The first-order chi connectivity index (χ1) is 21.3. The van der Waals surface area contributed by atoms with Crippen molar-refractivity contribution in [1.29, 1.82) is 0 Å². The van der Waals surface area contributed by atoms with Gasteiger partial charge in [-0.2, -0.15) is 13.2 Å². The van der Waals surface area contributed by atoms with E-state index in [0.717, 1.165) is 23.6 Å². The molecule has 1 saturated carbocycles. The number of nitrogens with zero attached hydrogens (tertiary/aromatic N) is 7. The van der Waals surface area contributed by atoms with E-state index in [1.807, 2.05) is 0 Å². The van der Waals surface area contributed by atoms with E-state index in [1.165, 1.54) is 46.4 Å². The molecule has 3 aromatic rings. The van der Waals surface area contributed by atoms with Gasteiger partial charge in [0.15, 0.2) is 5.13 Å². The number of benzene rings is 1. The molecule has 1 saturated heterocycles. The fraction of sp³-hybridized carbons (Fsp3) is 0.567. The summed E-state index contributed by atoms with van der Waals surface area (Å²) in [6.07, 6.45) is 0.319. The highest BCUT2D eigenvalue weighted by molar-refractivity contribution is 7.13. The van der Waals surface area contributed by atoms with Crippen LogP contribution in [0.25, 0.3) is 5.69 Å². The number of carbonyl (C=O) groups is 2. The second-order valence-electron chi connectivity index (χ2n) is 11.8. The minimum atomic E-state index is -4.66. The zero-order chi connectivity index (χ0) is 32.4. The van der Waals surface area contributed by atoms with Crippen LogP contribution in [0.2, 0.25) is 0 Å². The van der Waals surface area contributed by atoms with Crippen LogP contribution in [0.3, 0.4) is 0 Å². The number of aromatic nitrogens is 4. The lowest BCUT2D eigenvalue weighted by atomic mass is 10.0. The predicted molar refractivity (Wildman–Crippen MR) is 159 cm³/mol. The zero-order valence-corrected chi connectivity index (χ0v) is 26.0. The lowest BCUT2D eigenvalue weighted by molar-refractivity contribution is -0.137. The van der Waals surface area contributed by atoms with E-state index in [4.69, 9.17) is 0 Å². The quantitative estimate of drug-likeness (QED) is 0.249. The molecular weight excluding hydrogens is 617 g/mol. The predicted octanol–water partition coefficient (Wildman–Crippen LogP) is 6.02. The first-order valence-corrected chi connectivity index (χ1v) is 15.9. The summed E-state index contributed by atoms with van der Waals surface area (Å²) < 4.78 is 71.3. The van der Waals surface area contributed by atoms with Crippen LogP contribution in [-0.2, 0) is 11.0 Å². The fourth-order valence-electron chi connectivity index (χ4n) is 6.09. The van der Waals surface area contributed by atoms with Gasteiger partial charge < -0.3 is 4.90 Å². The molecule has 1 aromatic carbocycles. The van der Waals surface area contributed by atoms with Crippen LogP contribution in [0, 0.1) is 0 Å². The van der Waals surface area contributed by atoms with Crippen molar-refractivity contribution in [2.45, 2.75) is 75.4 Å². The Morgan fingerprint density at radius 3 is 2.53 bits per heavy atom. The molecule has 45 heavy (non-hydrogen) atoms. The molecular formula is C30H36F5N7O2S. The smallest absolute Gasteiger partial charge is 0.335 e. The number of thiazole rings is 1. The molecule has 15 heteroatoms. The third-order valence-electron chi connectivity index (χ3n) is 8.59. The van der Waals surface area contributed by atoms with E-state index in [0.29, 0.717) is 30.9 Å². The molecule has 244 valence electrons. The van der Waals surface area contributed by atoms with Gasteiger partial charge in [0.2, 0.25) is 11.7 Å². The lowest BCUT2D eigenvalue weighted by Crippen LogP contribution is -2.46. The van der Waals surface area contributed by atoms with Crippen molar-refractivity contribution >= 4 is 28.3 Å². The average Bonchev–Trinajstić information content (AvgIpc) is 3.79. The largest absolute Gasteiger partial charge is 0.418 e. The highest BCUT2D eigenvalue weighted by Gasteiger charge is 2.38. The Morgan fingerprint density at radius 2 is 1.87 bits per heavy atom. The van der Waals surface area contributed by atoms with E-state index >= 15 is 0 Å². The minimum Gasteiger partial charge on any atom is -0.335 e. The monoisotopic (exact) mass is 653 g/mol. The molecule has 2 fully saturated rings. The van der Waals surface area contributed by atoms with Crippen molar-refractivity contribution in [1.82, 2.24) is 29.5 Å². The van der Waals surface area contributed by atoms with Gasteiger partial charge in [0.05, 0.1) is 17.8 Å². The van der Waals surface area contributed by atoms with Gasteiger partial charge in [-0.3, -0.25) is 19.4 Å². The average molecular weight is 654 g/mol. The first kappa shape index (κ1) is 32.9. The summed E-state index contributed by atoms with van der Waals surface area (Å²) in [6, 6.07) is 4.31. The third-order valence-corrected chi connectivity index (χ3v) is 9.44. The maximum absolute atomic E-state index is 14.1. The summed E-state index contributed by atoms with van der Waals surface area (Å²) in [4.78, 5) is 40.2. The van der Waals surface area contributed by atoms with Gasteiger partial charge >= 0.3 is 6.18 Å². The number of piperidine rings is 1. The van der Waals surface area contributed by atoms with E-state index in [1.54, 1.807) is 23.5 Å². The first-order valence-electron chi connectivity index (χ1n) is 15.0. The molecule has 0 bridgehead atoms. The molecule has 0 spiro atoms. The molecule has 9 nitrogen and oxygen atoms in total. The SMILES string of the molecule is CN(C(=O)CC(CCN1CCCC(F)(F)C1)N(C)C(=O)c1nc(C2CCCC2)n(-c2ccccc2C(F)(F)F)n1)c1nccs1.